The molecule has 0 atom stereocenters. The summed E-state index contributed by atoms with van der Waals surface area (Å²) >= 11 is 4.24. The van der Waals surface area contributed by atoms with Crippen LogP contribution in [0, 0.1) is 0 Å². The number of hydrogen-bond acceptors (Lipinski definition) is 1. The Kier molecular flexibility index (Phi) is 5.84. The summed E-state index contributed by atoms with van der Waals surface area (Å²) in [5.41, 5.74) is 6.20. The molecule has 0 unspecified atom stereocenters. The lowest BCUT2D eigenvalue weighted by atomic mass is 9.85. The number of halogens is 2. The standard InChI is InChI=1S/C11H13N.C2H6.I2/c1-7(2)8-3-9-5-12-6-10(4-8)11(9)12;2*1-2/h3-4,7H,5-6H2,1-2H3;1-2H3;. The first-order valence-electron chi connectivity index (χ1n) is 5.80. The fourth-order valence-corrected chi connectivity index (χ4v) is 2.21. The summed E-state index contributed by atoms with van der Waals surface area (Å²) in [6.45, 7) is 10.9. The van der Waals surface area contributed by atoms with E-state index < -0.39 is 0 Å². The second kappa shape index (κ2) is 6.42. The second-order valence-electron chi connectivity index (χ2n) is 4.20. The van der Waals surface area contributed by atoms with Crippen molar-refractivity contribution in [1.29, 1.82) is 0 Å². The van der Waals surface area contributed by atoms with Crippen LogP contribution in [-0.4, -0.2) is 0 Å². The van der Waals surface area contributed by atoms with E-state index in [9.17, 15) is 0 Å². The SMILES string of the molecule is CC.CC(C)c1cc2c3c(c1)CN3C2.II. The predicted octanol–water partition coefficient (Wildman–Crippen LogP) is 5.44. The van der Waals surface area contributed by atoms with Gasteiger partial charge in [0.1, 0.15) is 0 Å². The van der Waals surface area contributed by atoms with Crippen molar-refractivity contribution in [3.63, 3.8) is 0 Å². The van der Waals surface area contributed by atoms with Gasteiger partial charge in [-0.3, -0.25) is 0 Å². The van der Waals surface area contributed by atoms with Gasteiger partial charge in [-0.15, -0.1) is 0 Å². The zero-order valence-electron chi connectivity index (χ0n) is 10.3. The van der Waals surface area contributed by atoms with Crippen LogP contribution in [-0.2, 0) is 13.1 Å². The lowest BCUT2D eigenvalue weighted by molar-refractivity contribution is 0.654. The van der Waals surface area contributed by atoms with Crippen LogP contribution in [0.5, 0.6) is 0 Å². The number of benzene rings is 1. The molecule has 0 aliphatic carbocycles. The van der Waals surface area contributed by atoms with Crippen LogP contribution in [0.25, 0.3) is 0 Å². The Labute approximate surface area is 122 Å². The molecule has 1 nitrogen and oxygen atoms in total. The summed E-state index contributed by atoms with van der Waals surface area (Å²) in [5.74, 6) is 0.682. The zero-order valence-corrected chi connectivity index (χ0v) is 14.7. The Morgan fingerprint density at radius 3 is 1.81 bits per heavy atom. The second-order valence-corrected chi connectivity index (χ2v) is 4.20. The Hall–Kier alpha value is 0.480. The van der Waals surface area contributed by atoms with Gasteiger partial charge in [-0.2, -0.15) is 0 Å². The van der Waals surface area contributed by atoms with Crippen LogP contribution >= 0.6 is 37.2 Å². The van der Waals surface area contributed by atoms with Crippen molar-refractivity contribution in [1.82, 2.24) is 0 Å². The number of anilines is 1. The van der Waals surface area contributed by atoms with Gasteiger partial charge in [0.05, 0.1) is 0 Å². The highest BCUT2D eigenvalue weighted by molar-refractivity contribution is 15.0. The minimum atomic E-state index is 0.682. The van der Waals surface area contributed by atoms with E-state index in [-0.39, 0.29) is 0 Å². The molecule has 0 aromatic heterocycles. The molecule has 1 aromatic rings. The van der Waals surface area contributed by atoms with E-state index >= 15 is 0 Å². The van der Waals surface area contributed by atoms with Crippen molar-refractivity contribution < 1.29 is 0 Å². The molecule has 1 aromatic carbocycles. The quantitative estimate of drug-likeness (QED) is 0.523. The fraction of sp³-hybridized carbons (Fsp3) is 0.538. The van der Waals surface area contributed by atoms with E-state index in [1.807, 2.05) is 13.8 Å². The average Bonchev–Trinajstić information content (AvgIpc) is 2.25. The molecule has 90 valence electrons. The van der Waals surface area contributed by atoms with Crippen molar-refractivity contribution in [2.45, 2.75) is 46.7 Å². The lowest BCUT2D eigenvalue weighted by Gasteiger charge is -2.47. The molecule has 0 spiro atoms. The van der Waals surface area contributed by atoms with E-state index in [2.05, 4.69) is 68.1 Å². The highest BCUT2D eigenvalue weighted by Crippen LogP contribution is 2.47. The molecule has 2 aliphatic rings. The Morgan fingerprint density at radius 1 is 1.06 bits per heavy atom. The molecule has 0 saturated heterocycles. The van der Waals surface area contributed by atoms with Crippen molar-refractivity contribution in [2.75, 3.05) is 4.90 Å². The smallest absolute Gasteiger partial charge is 0.0473 e. The first kappa shape index (κ1) is 14.5. The maximum atomic E-state index is 2.44. The molecule has 0 radical (unpaired) electrons. The van der Waals surface area contributed by atoms with Crippen LogP contribution in [0.2, 0.25) is 0 Å². The number of nitrogens with zero attached hydrogens (tertiary/aromatic N) is 1. The summed E-state index contributed by atoms with van der Waals surface area (Å²) in [7, 11) is 0. The molecular weight excluding hydrogens is 424 g/mol. The largest absolute Gasteiger partial charge is 0.362 e. The van der Waals surface area contributed by atoms with Crippen molar-refractivity contribution in [3.05, 3.63) is 28.8 Å². The van der Waals surface area contributed by atoms with E-state index in [1.54, 1.807) is 16.8 Å². The molecule has 0 amide bonds. The van der Waals surface area contributed by atoms with E-state index in [0.717, 1.165) is 0 Å². The Balaban J connectivity index is 0.000000291. The molecule has 2 aliphatic heterocycles. The van der Waals surface area contributed by atoms with Crippen LogP contribution < -0.4 is 4.90 Å². The minimum absolute atomic E-state index is 0.682. The number of rotatable bonds is 1. The zero-order chi connectivity index (χ0) is 12.3. The molecule has 0 bridgehead atoms. The van der Waals surface area contributed by atoms with Gasteiger partial charge in [0.25, 0.3) is 0 Å². The summed E-state index contributed by atoms with van der Waals surface area (Å²) in [5, 5.41) is 0. The maximum Gasteiger partial charge on any atom is 0.0473 e. The Bertz CT molecular complexity index is 334. The van der Waals surface area contributed by atoms with Crippen LogP contribution in [0.4, 0.5) is 5.69 Å². The third-order valence-electron chi connectivity index (χ3n) is 3.00. The van der Waals surface area contributed by atoms with E-state index in [4.69, 9.17) is 0 Å². The molecule has 3 rings (SSSR count). The molecule has 0 fully saturated rings. The van der Waals surface area contributed by atoms with Gasteiger partial charge in [0.15, 0.2) is 0 Å². The van der Waals surface area contributed by atoms with E-state index in [1.165, 1.54) is 18.7 Å². The molecule has 16 heavy (non-hydrogen) atoms. The van der Waals surface area contributed by atoms with Crippen molar-refractivity contribution in [2.24, 2.45) is 0 Å². The molecule has 0 saturated carbocycles. The highest BCUT2D eigenvalue weighted by atomic mass is 128. The maximum absolute atomic E-state index is 2.44. The third kappa shape index (κ3) is 2.49. The average molecular weight is 443 g/mol. The normalized spacial score (nSPS) is 13.6. The molecule has 2 heterocycles. The highest BCUT2D eigenvalue weighted by Gasteiger charge is 2.34. The molecule has 0 N–H and O–H groups in total. The third-order valence-corrected chi connectivity index (χ3v) is 3.00. The van der Waals surface area contributed by atoms with Gasteiger partial charge >= 0.3 is 0 Å². The van der Waals surface area contributed by atoms with Gasteiger partial charge in [-0.1, -0.05) is 39.8 Å². The number of hydrogen-bond donors (Lipinski definition) is 0. The monoisotopic (exact) mass is 443 g/mol. The molecular formula is C13H19I2N. The first-order chi connectivity index (χ1) is 7.75. The van der Waals surface area contributed by atoms with Gasteiger partial charge in [-0.25, -0.2) is 0 Å². The lowest BCUT2D eigenvalue weighted by Crippen LogP contribution is -2.41. The van der Waals surface area contributed by atoms with Gasteiger partial charge in [-0.05, 0) is 22.6 Å². The van der Waals surface area contributed by atoms with Crippen LogP contribution in [0.15, 0.2) is 12.1 Å². The fourth-order valence-electron chi connectivity index (χ4n) is 2.21. The van der Waals surface area contributed by atoms with Crippen molar-refractivity contribution in [3.8, 4) is 0 Å². The summed E-state index contributed by atoms with van der Waals surface area (Å²) in [4.78, 5) is 2.44. The van der Waals surface area contributed by atoms with E-state index in [0.29, 0.717) is 5.92 Å². The van der Waals surface area contributed by atoms with Gasteiger partial charge in [0, 0.05) is 56.0 Å². The van der Waals surface area contributed by atoms with Crippen molar-refractivity contribution >= 4 is 42.9 Å². The summed E-state index contributed by atoms with van der Waals surface area (Å²) in [6.07, 6.45) is 0. The van der Waals surface area contributed by atoms with Gasteiger partial charge < -0.3 is 4.90 Å². The molecule has 3 heteroatoms. The summed E-state index contributed by atoms with van der Waals surface area (Å²) in [6, 6.07) is 4.75. The predicted molar refractivity (Wildman–Crippen MR) is 89.8 cm³/mol. The van der Waals surface area contributed by atoms with Crippen LogP contribution in [0.3, 0.4) is 0 Å². The van der Waals surface area contributed by atoms with Crippen LogP contribution in [0.1, 0.15) is 50.3 Å². The minimum Gasteiger partial charge on any atom is -0.362 e. The Morgan fingerprint density at radius 2 is 1.50 bits per heavy atom. The van der Waals surface area contributed by atoms with Gasteiger partial charge in [0.2, 0.25) is 0 Å². The first-order valence-corrected chi connectivity index (χ1v) is 12.1. The summed E-state index contributed by atoms with van der Waals surface area (Å²) < 4.78 is 0. The topological polar surface area (TPSA) is 3.24 Å².